The Morgan fingerprint density at radius 3 is 1.62 bits per heavy atom. The molecular weight excluding hydrogens is 1280 g/mol. The fourth-order valence-corrected chi connectivity index (χ4v) is 8.98. The highest BCUT2D eigenvalue weighted by molar-refractivity contribution is 7.80. The molecule has 14 amide bonds. The molecule has 0 aliphatic carbocycles. The van der Waals surface area contributed by atoms with Gasteiger partial charge >= 0.3 is 17.9 Å². The van der Waals surface area contributed by atoms with Gasteiger partial charge in [-0.15, -0.1) is 0 Å². The Balaban J connectivity index is 2.01. The number of nitrogens with one attached hydrogen (secondary N) is 12. The third-order valence-corrected chi connectivity index (χ3v) is 14.2. The molecule has 0 unspecified atom stereocenters. The smallest absolute Gasteiger partial charge is 0.326 e. The number of guanidine groups is 1. The van der Waals surface area contributed by atoms with E-state index in [9.17, 15) is 102 Å². The van der Waals surface area contributed by atoms with Crippen LogP contribution < -0.4 is 86.7 Å². The molecule has 2 rings (SSSR count). The summed E-state index contributed by atoms with van der Waals surface area (Å²) < 4.78 is 0. The van der Waals surface area contributed by atoms with E-state index in [1.165, 1.54) is 4.90 Å². The average molecular weight is 1370 g/mol. The first kappa shape index (κ1) is 80.8. The van der Waals surface area contributed by atoms with Crippen LogP contribution in [0.15, 0.2) is 35.3 Å². The van der Waals surface area contributed by atoms with E-state index in [-0.39, 0.29) is 38.3 Å². The Labute approximate surface area is 548 Å². The van der Waals surface area contributed by atoms with Gasteiger partial charge in [-0.2, -0.15) is 12.6 Å². The highest BCUT2D eigenvalue weighted by Crippen LogP contribution is 2.18. The van der Waals surface area contributed by atoms with Crippen LogP contribution in [-0.2, 0) is 87.9 Å². The molecule has 526 valence electrons. The Morgan fingerprint density at radius 1 is 0.579 bits per heavy atom. The van der Waals surface area contributed by atoms with Crippen LogP contribution in [0, 0.1) is 5.92 Å². The minimum Gasteiger partial charge on any atom is -0.481 e. The molecule has 10 atom stereocenters. The fraction of sp³-hybridized carbons (Fsp3) is 0.564. The molecule has 39 nitrogen and oxygen atoms in total. The molecule has 0 saturated carbocycles. The molecule has 0 bridgehead atoms. The summed E-state index contributed by atoms with van der Waals surface area (Å²) in [5.41, 5.74) is 22.2. The monoisotopic (exact) mass is 1360 g/mol. The molecule has 1 heterocycles. The number of thiol groups is 1. The third kappa shape index (κ3) is 30.4. The van der Waals surface area contributed by atoms with Gasteiger partial charge in [-0.3, -0.25) is 81.7 Å². The van der Waals surface area contributed by atoms with Gasteiger partial charge in [-0.25, -0.2) is 4.79 Å². The maximum absolute atomic E-state index is 13.6. The number of rotatable bonds is 42. The predicted molar refractivity (Wildman–Crippen MR) is 332 cm³/mol. The molecule has 1 aliphatic heterocycles. The summed E-state index contributed by atoms with van der Waals surface area (Å²) in [5.74, 6) is -20.0. The van der Waals surface area contributed by atoms with Crippen LogP contribution >= 0.6 is 12.6 Å². The quantitative estimate of drug-likeness (QED) is 0.0125. The second-order valence-corrected chi connectivity index (χ2v) is 22.1. The molecule has 1 aliphatic rings. The number of carbonyl (C=O) groups is 17. The summed E-state index contributed by atoms with van der Waals surface area (Å²) in [4.78, 5) is 223. The predicted octanol–water partition coefficient (Wildman–Crippen LogP) is -10.2. The first-order valence-electron chi connectivity index (χ1n) is 29.5. The van der Waals surface area contributed by atoms with Crippen LogP contribution in [0.5, 0.6) is 0 Å². The number of carboxylic acids is 3. The summed E-state index contributed by atoms with van der Waals surface area (Å²) >= 11 is 4.05. The number of aliphatic hydroxyl groups is 1. The van der Waals surface area contributed by atoms with E-state index in [2.05, 4.69) is 70.8 Å². The number of hydrogen-bond donors (Lipinski definition) is 21. The van der Waals surface area contributed by atoms with E-state index in [1.54, 1.807) is 44.2 Å². The van der Waals surface area contributed by atoms with E-state index in [4.69, 9.17) is 22.9 Å². The number of carbonyl (C=O) groups excluding carboxylic acids is 14. The Hall–Kier alpha value is -10.2. The minimum absolute atomic E-state index is 0.0274. The number of nitrogens with zero attached hydrogens (tertiary/aromatic N) is 2. The van der Waals surface area contributed by atoms with Gasteiger partial charge < -0.3 is 112 Å². The largest absolute Gasteiger partial charge is 0.481 e. The van der Waals surface area contributed by atoms with Crippen LogP contribution in [0.1, 0.15) is 77.7 Å². The van der Waals surface area contributed by atoms with Crippen LogP contribution in [0.3, 0.4) is 0 Å². The van der Waals surface area contributed by atoms with Crippen molar-refractivity contribution in [2.45, 2.75) is 139 Å². The summed E-state index contributed by atoms with van der Waals surface area (Å²) in [6.45, 7) is 0.0551. The van der Waals surface area contributed by atoms with Crippen molar-refractivity contribution in [1.29, 1.82) is 0 Å². The van der Waals surface area contributed by atoms with Crippen LogP contribution in [-0.4, -0.2) is 244 Å². The van der Waals surface area contributed by atoms with Gasteiger partial charge in [0.25, 0.3) is 0 Å². The number of benzene rings is 1. The molecule has 1 aromatic rings. The van der Waals surface area contributed by atoms with Gasteiger partial charge in [0.2, 0.25) is 82.7 Å². The minimum atomic E-state index is -2.01. The Morgan fingerprint density at radius 2 is 1.09 bits per heavy atom. The number of nitrogens with two attached hydrogens (primary N) is 4. The van der Waals surface area contributed by atoms with Crippen molar-refractivity contribution in [3.8, 4) is 0 Å². The van der Waals surface area contributed by atoms with Gasteiger partial charge in [0, 0.05) is 31.7 Å². The van der Waals surface area contributed by atoms with Crippen molar-refractivity contribution in [3.63, 3.8) is 0 Å². The third-order valence-electron chi connectivity index (χ3n) is 13.8. The highest BCUT2D eigenvalue weighted by atomic mass is 32.1. The molecule has 1 aromatic carbocycles. The number of likely N-dealkylation sites (tertiary alicyclic amines) is 1. The zero-order valence-electron chi connectivity index (χ0n) is 52.1. The van der Waals surface area contributed by atoms with Gasteiger partial charge in [-0.05, 0) is 50.5 Å². The fourth-order valence-electron chi connectivity index (χ4n) is 8.72. The van der Waals surface area contributed by atoms with Crippen molar-refractivity contribution in [1.82, 2.24) is 68.7 Å². The molecule has 95 heavy (non-hydrogen) atoms. The number of aliphatic imine (C=N–C) groups is 1. The zero-order valence-corrected chi connectivity index (χ0v) is 53.0. The topological polar surface area (TPSA) is 635 Å². The SMILES string of the molecule is CC(C)[C@H](NC(=O)[C@H](Cc1ccccc1)NC(=O)[C@@H]1CCCN1C(=O)CNC(=O)CNC(=O)[C@H](CO)NC(=O)[C@H](CC(=O)O)NC(=O)CNC(=O)[C@H](CCC(N)=O)NC(=O)[C@H](CS)NC(=O)[C@H](C)NC(=O)[C@H](CC(=O)O)NC(=O)CNC(=O)[C@@H](N)CCCN=C(N)N)C(=O)O. The molecule has 1 saturated heterocycles. The standard InChI is InChI=1S/C55H84N18O21S/c1-26(2)44(54(93)94)72-51(90)31(17-28-9-5-4-6-10-28)69-53(92)36-12-8-16-73(36)41(79)23-61-38(76)20-63-48(87)34(24-74)70-50(89)33(19-43(82)83)67-40(78)22-64-47(86)30(13-14-37(57)75)68-52(91)35(25-95)71-45(84)27(3)65-49(88)32(18-42(80)81)66-39(77)21-62-46(85)29(56)11-7-15-60-55(58)59/h4-6,9-10,26-27,29-36,44,74,95H,7-8,11-25,56H2,1-3H3,(H2,57,75)(H,61,76)(H,62,85)(H,63,87)(H,64,86)(H,65,88)(H,66,77)(H,67,78)(H,68,91)(H,69,92)(H,70,89)(H,71,84)(H,72,90)(H,80,81)(H,82,83)(H,93,94)(H4,58,59,60)/t27-,29-,30-,31-,32-,33-,34-,35-,36-,44-/m0/s1. The number of aliphatic carboxylic acids is 3. The van der Waals surface area contributed by atoms with Crippen molar-refractivity contribution in [2.75, 3.05) is 51.6 Å². The van der Waals surface area contributed by atoms with Crippen molar-refractivity contribution >= 4 is 119 Å². The number of primary amides is 1. The van der Waals surface area contributed by atoms with Crippen molar-refractivity contribution in [3.05, 3.63) is 35.9 Å². The molecule has 1 fully saturated rings. The first-order valence-corrected chi connectivity index (χ1v) is 30.1. The summed E-state index contributed by atoms with van der Waals surface area (Å²) in [6.07, 6.45) is -2.28. The lowest BCUT2D eigenvalue weighted by atomic mass is 10.0. The lowest BCUT2D eigenvalue weighted by molar-refractivity contribution is -0.144. The molecule has 0 aromatic heterocycles. The van der Waals surface area contributed by atoms with Crippen molar-refractivity contribution in [2.24, 2.45) is 33.8 Å². The van der Waals surface area contributed by atoms with Gasteiger partial charge in [0.15, 0.2) is 5.96 Å². The van der Waals surface area contributed by atoms with Gasteiger partial charge in [-0.1, -0.05) is 44.2 Å². The van der Waals surface area contributed by atoms with E-state index in [1.807, 2.05) is 10.6 Å². The van der Waals surface area contributed by atoms with Crippen molar-refractivity contribution < 1.29 is 102 Å². The van der Waals surface area contributed by atoms with Crippen LogP contribution in [0.25, 0.3) is 0 Å². The maximum atomic E-state index is 13.6. The summed E-state index contributed by atoms with van der Waals surface area (Å²) in [5, 5.41) is 65.2. The Kier molecular flexibility index (Phi) is 35.2. The second kappa shape index (κ2) is 41.4. The zero-order chi connectivity index (χ0) is 71.6. The normalized spacial score (nSPS) is 15.2. The van der Waals surface area contributed by atoms with E-state index < -0.39 is 231 Å². The second-order valence-electron chi connectivity index (χ2n) is 21.8. The summed E-state index contributed by atoms with van der Waals surface area (Å²) in [6, 6.07) is -6.72. The lowest BCUT2D eigenvalue weighted by Gasteiger charge is -2.27. The Bertz CT molecular complexity index is 2970. The first-order chi connectivity index (χ1) is 44.7. The number of amides is 14. The van der Waals surface area contributed by atoms with Gasteiger partial charge in [0.05, 0.1) is 51.7 Å². The number of aliphatic hydroxyl groups excluding tert-OH is 1. The highest BCUT2D eigenvalue weighted by Gasteiger charge is 2.38. The molecule has 24 N–H and O–H groups in total. The van der Waals surface area contributed by atoms with E-state index in [0.717, 1.165) is 6.92 Å². The maximum Gasteiger partial charge on any atom is 0.326 e. The summed E-state index contributed by atoms with van der Waals surface area (Å²) in [7, 11) is 0. The molecule has 40 heteroatoms. The molecule has 0 radical (unpaired) electrons. The van der Waals surface area contributed by atoms with E-state index >= 15 is 0 Å². The lowest BCUT2D eigenvalue weighted by Crippen LogP contribution is -2.59. The van der Waals surface area contributed by atoms with Gasteiger partial charge in [0.1, 0.15) is 54.4 Å². The van der Waals surface area contributed by atoms with Crippen LogP contribution in [0.4, 0.5) is 0 Å². The number of carboxylic acid groups (broad SMARTS) is 3. The van der Waals surface area contributed by atoms with Crippen LogP contribution in [0.2, 0.25) is 0 Å². The molecule has 0 spiro atoms. The average Bonchev–Trinajstić information content (AvgIpc) is 1.81. The number of hydrogen-bond acceptors (Lipinski definition) is 21. The van der Waals surface area contributed by atoms with E-state index in [0.29, 0.717) is 18.4 Å². The molecular formula is C55H84N18O21S.